The summed E-state index contributed by atoms with van der Waals surface area (Å²) in [6.07, 6.45) is -3.94. The van der Waals surface area contributed by atoms with E-state index in [4.69, 9.17) is 15.6 Å². The number of benzene rings is 1. The zero-order valence-electron chi connectivity index (χ0n) is 23.0. The molecule has 0 radical (unpaired) electrons. The monoisotopic (exact) mass is 609 g/mol. The van der Waals surface area contributed by atoms with Crippen LogP contribution in [0.4, 0.5) is 26.3 Å². The Kier molecular flexibility index (Phi) is 11.3. The summed E-state index contributed by atoms with van der Waals surface area (Å²) in [5, 5.41) is 16.6. The van der Waals surface area contributed by atoms with Crippen LogP contribution in [0.3, 0.4) is 0 Å². The maximum absolute atomic E-state index is 13.0. The van der Waals surface area contributed by atoms with Crippen LogP contribution in [0.25, 0.3) is 0 Å². The number of rotatable bonds is 8. The zero-order valence-corrected chi connectivity index (χ0v) is 23.0. The van der Waals surface area contributed by atoms with Crippen molar-refractivity contribution >= 4 is 17.8 Å². The minimum absolute atomic E-state index is 0.0455. The highest BCUT2D eigenvalue weighted by atomic mass is 19.4. The number of alkyl halides is 6. The summed E-state index contributed by atoms with van der Waals surface area (Å²) in [7, 11) is 0. The number of nitrogens with zero attached hydrogens (tertiary/aromatic N) is 2. The number of carbonyl (C=O) groups is 3. The molecule has 4 rings (SSSR count). The van der Waals surface area contributed by atoms with E-state index in [0.717, 1.165) is 31.2 Å². The number of nitrogens with two attached hydrogens (primary N) is 1. The van der Waals surface area contributed by atoms with Crippen molar-refractivity contribution in [2.45, 2.75) is 81.7 Å². The molecule has 1 saturated carbocycles. The second-order valence-corrected chi connectivity index (χ2v) is 11.3. The highest BCUT2D eigenvalue weighted by Crippen LogP contribution is 2.43. The topological polar surface area (TPSA) is 124 Å². The molecule has 2 bridgehead atoms. The maximum atomic E-state index is 13.0. The van der Waals surface area contributed by atoms with Crippen molar-refractivity contribution in [3.05, 3.63) is 35.4 Å². The molecule has 2 heterocycles. The van der Waals surface area contributed by atoms with E-state index >= 15 is 0 Å². The Bertz CT molecular complexity index is 1080. The van der Waals surface area contributed by atoms with Crippen LogP contribution in [0.2, 0.25) is 0 Å². The standard InChI is InChI=1S/C26H36F3N3O3.C2HF3O2/c27-26(28,29)21-6-4-17(5-7-21)15-31(24(34)16-33)10-11-32-22-8-9-23(32)14-20(13-22)18-2-1-3-19(12-18)25(30)35;3-2(4,5)1(6)7/h1-3,12,17,20-23,33H,4-11,13-16H2,(H2,30,35);(H,6,7). The number of fused-ring (bicyclic) bond motifs is 2. The number of aliphatic hydroxyl groups is 1. The molecule has 3 aliphatic rings. The number of amides is 2. The molecule has 1 aromatic carbocycles. The summed E-state index contributed by atoms with van der Waals surface area (Å²) in [5.74, 6) is -4.36. The van der Waals surface area contributed by atoms with E-state index in [0.29, 0.717) is 56.0 Å². The summed E-state index contributed by atoms with van der Waals surface area (Å²) in [6.45, 7) is 1.01. The van der Waals surface area contributed by atoms with E-state index < -0.39 is 36.8 Å². The molecule has 14 heteroatoms. The maximum Gasteiger partial charge on any atom is 0.490 e. The van der Waals surface area contributed by atoms with Gasteiger partial charge >= 0.3 is 18.3 Å². The number of carbonyl (C=O) groups excluding carboxylic acids is 2. The molecule has 0 spiro atoms. The first-order chi connectivity index (χ1) is 19.6. The van der Waals surface area contributed by atoms with Crippen molar-refractivity contribution in [3.63, 3.8) is 0 Å². The van der Waals surface area contributed by atoms with E-state index in [1.807, 2.05) is 12.1 Å². The van der Waals surface area contributed by atoms with Crippen molar-refractivity contribution in [3.8, 4) is 0 Å². The quantitative estimate of drug-likeness (QED) is 0.378. The molecular weight excluding hydrogens is 572 g/mol. The van der Waals surface area contributed by atoms with Crippen molar-refractivity contribution in [2.24, 2.45) is 17.6 Å². The molecule has 3 fully saturated rings. The lowest BCUT2D eigenvalue weighted by atomic mass is 9.81. The van der Waals surface area contributed by atoms with Gasteiger partial charge in [0, 0.05) is 37.3 Å². The smallest absolute Gasteiger partial charge is 0.475 e. The first-order valence-corrected chi connectivity index (χ1v) is 14.0. The van der Waals surface area contributed by atoms with Crippen molar-refractivity contribution in [1.82, 2.24) is 9.80 Å². The van der Waals surface area contributed by atoms with Gasteiger partial charge in [-0.3, -0.25) is 14.5 Å². The molecule has 2 unspecified atom stereocenters. The molecule has 8 nitrogen and oxygen atoms in total. The van der Waals surface area contributed by atoms with Gasteiger partial charge in [-0.1, -0.05) is 12.1 Å². The van der Waals surface area contributed by atoms with Gasteiger partial charge in [0.2, 0.25) is 11.8 Å². The van der Waals surface area contributed by atoms with E-state index in [-0.39, 0.29) is 24.7 Å². The second-order valence-electron chi connectivity index (χ2n) is 11.3. The van der Waals surface area contributed by atoms with Crippen LogP contribution in [0, 0.1) is 11.8 Å². The SMILES string of the molecule is NC(=O)c1cccc(C2CC3CCC(C2)N3CCN(CC2CCC(C(F)(F)F)CC2)C(=O)CO)c1.O=C(O)C(F)(F)F. The molecule has 0 aromatic heterocycles. The van der Waals surface area contributed by atoms with Gasteiger partial charge < -0.3 is 20.8 Å². The van der Waals surface area contributed by atoms with Crippen LogP contribution in [0.15, 0.2) is 24.3 Å². The zero-order chi connectivity index (χ0) is 31.2. The third-order valence-corrected chi connectivity index (χ3v) is 8.67. The van der Waals surface area contributed by atoms with Gasteiger partial charge in [-0.2, -0.15) is 26.3 Å². The number of carboxylic acid groups (broad SMARTS) is 1. The third kappa shape index (κ3) is 9.06. The molecule has 2 saturated heterocycles. The molecule has 2 amide bonds. The summed E-state index contributed by atoms with van der Waals surface area (Å²) < 4.78 is 70.7. The number of aliphatic hydroxyl groups excluding tert-OH is 1. The number of aliphatic carboxylic acids is 1. The van der Waals surface area contributed by atoms with Gasteiger partial charge in [0.25, 0.3) is 0 Å². The fourth-order valence-corrected chi connectivity index (χ4v) is 6.50. The highest BCUT2D eigenvalue weighted by molar-refractivity contribution is 5.92. The van der Waals surface area contributed by atoms with Crippen molar-refractivity contribution in [2.75, 3.05) is 26.2 Å². The van der Waals surface area contributed by atoms with E-state index in [1.165, 1.54) is 0 Å². The van der Waals surface area contributed by atoms with Crippen molar-refractivity contribution < 1.29 is 50.9 Å². The largest absolute Gasteiger partial charge is 0.490 e. The predicted molar refractivity (Wildman–Crippen MR) is 139 cm³/mol. The van der Waals surface area contributed by atoms with Gasteiger partial charge in [0.1, 0.15) is 6.61 Å². The number of primary amides is 1. The molecular formula is C28H37F6N3O5. The molecule has 236 valence electrons. The Morgan fingerprint density at radius 1 is 0.952 bits per heavy atom. The number of carboxylic acids is 1. The fraction of sp³-hybridized carbons (Fsp3) is 0.679. The fourth-order valence-electron chi connectivity index (χ4n) is 6.50. The lowest BCUT2D eigenvalue weighted by Gasteiger charge is -2.40. The van der Waals surface area contributed by atoms with Gasteiger partial charge in [0.15, 0.2) is 0 Å². The number of hydrogen-bond donors (Lipinski definition) is 3. The van der Waals surface area contributed by atoms with Crippen LogP contribution in [0.5, 0.6) is 0 Å². The Balaban J connectivity index is 0.000000616. The minimum Gasteiger partial charge on any atom is -0.475 e. The van der Waals surface area contributed by atoms with Crippen LogP contribution >= 0.6 is 0 Å². The average molecular weight is 610 g/mol. The predicted octanol–water partition coefficient (Wildman–Crippen LogP) is 4.32. The lowest BCUT2D eigenvalue weighted by molar-refractivity contribution is -0.192. The Hall–Kier alpha value is -2.87. The molecule has 2 aliphatic heterocycles. The Morgan fingerprint density at radius 3 is 2.00 bits per heavy atom. The Morgan fingerprint density at radius 2 is 1.52 bits per heavy atom. The normalized spacial score (nSPS) is 26.2. The molecule has 4 N–H and O–H groups in total. The van der Waals surface area contributed by atoms with Gasteiger partial charge in [0.05, 0.1) is 5.92 Å². The van der Waals surface area contributed by atoms with Crippen LogP contribution < -0.4 is 5.73 Å². The number of hydrogen-bond acceptors (Lipinski definition) is 5. The summed E-state index contributed by atoms with van der Waals surface area (Å²) in [5.41, 5.74) is 7.12. The Labute approximate surface area is 239 Å². The van der Waals surface area contributed by atoms with Crippen LogP contribution in [-0.2, 0) is 9.59 Å². The highest BCUT2D eigenvalue weighted by Gasteiger charge is 2.43. The average Bonchev–Trinajstić information content (AvgIpc) is 3.16. The van der Waals surface area contributed by atoms with Crippen molar-refractivity contribution in [1.29, 1.82) is 0 Å². The second kappa shape index (κ2) is 14.1. The van der Waals surface area contributed by atoms with E-state index in [2.05, 4.69) is 11.0 Å². The van der Waals surface area contributed by atoms with Gasteiger partial charge in [-0.15, -0.1) is 0 Å². The summed E-state index contributed by atoms with van der Waals surface area (Å²) >= 11 is 0. The van der Waals surface area contributed by atoms with Gasteiger partial charge in [-0.05, 0) is 80.9 Å². The first-order valence-electron chi connectivity index (χ1n) is 14.0. The molecule has 1 aliphatic carbocycles. The molecule has 1 aromatic rings. The van der Waals surface area contributed by atoms with Crippen LogP contribution in [0.1, 0.15) is 73.2 Å². The molecule has 42 heavy (non-hydrogen) atoms. The van der Waals surface area contributed by atoms with Gasteiger partial charge in [-0.25, -0.2) is 4.79 Å². The minimum atomic E-state index is -5.08. The van der Waals surface area contributed by atoms with Crippen LogP contribution in [-0.4, -0.2) is 88.5 Å². The van der Waals surface area contributed by atoms with E-state index in [1.54, 1.807) is 11.0 Å². The van der Waals surface area contributed by atoms with E-state index in [9.17, 15) is 41.0 Å². The molecule has 2 atom stereocenters. The third-order valence-electron chi connectivity index (χ3n) is 8.67. The number of piperidine rings is 1. The first kappa shape index (κ1) is 33.6. The summed E-state index contributed by atoms with van der Waals surface area (Å²) in [6, 6.07) is 8.36. The number of halogens is 6. The summed E-state index contributed by atoms with van der Waals surface area (Å²) in [4.78, 5) is 37.0. The lowest BCUT2D eigenvalue weighted by Crippen LogP contribution is -2.48.